The molecule has 0 bridgehead atoms. The maximum absolute atomic E-state index is 12.7. The molecule has 3 atom stereocenters. The summed E-state index contributed by atoms with van der Waals surface area (Å²) in [6, 6.07) is 0. The predicted octanol–water partition coefficient (Wildman–Crippen LogP) is -2.38. The lowest BCUT2D eigenvalue weighted by Gasteiger charge is -2.42. The molecule has 0 aromatic heterocycles. The molecule has 29 heteroatoms. The van der Waals surface area contributed by atoms with Gasteiger partial charge in [-0.05, 0) is 25.7 Å². The van der Waals surface area contributed by atoms with Crippen molar-refractivity contribution in [3.63, 3.8) is 0 Å². The number of amides is 6. The Kier molecular flexibility index (Phi) is 18.0. The van der Waals surface area contributed by atoms with Crippen LogP contribution >= 0.6 is 0 Å². The van der Waals surface area contributed by atoms with Crippen LogP contribution in [-0.4, -0.2) is 150 Å². The second-order valence-corrected chi connectivity index (χ2v) is 17.2. The molecule has 3 saturated heterocycles. The highest BCUT2D eigenvalue weighted by Crippen LogP contribution is 2.38. The standard InChI is InChI=1S/C16H20N2O14S2.C8H14O4.C4H5NO5S/c19-10-6-8(33(27,28)29)13(23)17(10)16(15(25)26,5-3-1-2-4-12(21)22)18-11(20)7-9(14(18)24)34(30,31)32;9-7(10)5-3-1-2-4-6-8(11)12;6-3-1-2(4(7)5-3)11(8,9)10/h8-9H,1-7H2,(H,21,22)(H,25,26)(H,27,28,29)(H,30,31,32);1-6H2,(H,9,10)(H,11,12);2H,1H2,(H,5,6,7)(H,8,9,10). The van der Waals surface area contributed by atoms with Crippen LogP contribution < -0.4 is 5.32 Å². The quantitative estimate of drug-likeness (QED) is 0.0381. The van der Waals surface area contributed by atoms with Gasteiger partial charge in [0, 0.05) is 25.7 Å². The summed E-state index contributed by atoms with van der Waals surface area (Å²) < 4.78 is 93.6. The lowest BCUT2D eigenvalue weighted by atomic mass is 9.96. The van der Waals surface area contributed by atoms with Gasteiger partial charge in [-0.1, -0.05) is 19.3 Å². The largest absolute Gasteiger partial charge is 0.481 e. The van der Waals surface area contributed by atoms with E-state index >= 15 is 0 Å². The number of unbranched alkanes of at least 4 members (excludes halogenated alkanes) is 5. The van der Waals surface area contributed by atoms with E-state index in [9.17, 15) is 87.4 Å². The number of carbonyl (C=O) groups is 10. The van der Waals surface area contributed by atoms with Crippen LogP contribution in [0.25, 0.3) is 0 Å². The van der Waals surface area contributed by atoms with E-state index in [1.165, 1.54) is 0 Å². The van der Waals surface area contributed by atoms with E-state index in [1.807, 2.05) is 0 Å². The number of imide groups is 3. The van der Waals surface area contributed by atoms with Crippen LogP contribution in [0, 0.1) is 0 Å². The van der Waals surface area contributed by atoms with Gasteiger partial charge in [-0.15, -0.1) is 0 Å². The second-order valence-electron chi connectivity index (χ2n) is 12.4. The van der Waals surface area contributed by atoms with E-state index in [2.05, 4.69) is 0 Å². The van der Waals surface area contributed by atoms with Crippen molar-refractivity contribution in [2.75, 3.05) is 0 Å². The van der Waals surface area contributed by atoms with Crippen LogP contribution in [0.4, 0.5) is 0 Å². The minimum atomic E-state index is -5.22. The summed E-state index contributed by atoms with van der Waals surface area (Å²) in [4.78, 5) is 114. The number of likely N-dealkylation sites (tertiary alicyclic amines) is 2. The summed E-state index contributed by atoms with van der Waals surface area (Å²) in [5.74, 6) is -13.1. The first-order valence-corrected chi connectivity index (χ1v) is 20.9. The number of aliphatic carboxylic acids is 4. The molecule has 3 fully saturated rings. The molecule has 3 unspecified atom stereocenters. The van der Waals surface area contributed by atoms with E-state index in [0.29, 0.717) is 12.8 Å². The Morgan fingerprint density at radius 3 is 1.11 bits per heavy atom. The maximum atomic E-state index is 12.7. The lowest BCUT2D eigenvalue weighted by Crippen LogP contribution is -2.69. The summed E-state index contributed by atoms with van der Waals surface area (Å²) in [6.07, 6.45) is -1.28. The second kappa shape index (κ2) is 20.5. The lowest BCUT2D eigenvalue weighted by molar-refractivity contribution is -0.184. The van der Waals surface area contributed by atoms with Gasteiger partial charge in [0.15, 0.2) is 15.7 Å². The molecule has 8 N–H and O–H groups in total. The van der Waals surface area contributed by atoms with Gasteiger partial charge in [-0.25, -0.2) is 14.6 Å². The Balaban J connectivity index is 0.000000572. The average Bonchev–Trinajstić information content (AvgIpc) is 3.67. The van der Waals surface area contributed by atoms with Crippen molar-refractivity contribution in [2.24, 2.45) is 0 Å². The molecule has 3 rings (SSSR count). The van der Waals surface area contributed by atoms with Crippen molar-refractivity contribution in [1.29, 1.82) is 0 Å². The number of hydrogen-bond acceptors (Lipinski definition) is 16. The molecular formula is C28H39N3O23S3. The van der Waals surface area contributed by atoms with Crippen molar-refractivity contribution >= 4 is 89.7 Å². The zero-order valence-electron chi connectivity index (χ0n) is 29.4. The van der Waals surface area contributed by atoms with Gasteiger partial charge in [0.25, 0.3) is 42.2 Å². The number of nitrogens with zero attached hydrogens (tertiary/aromatic N) is 2. The number of hydrogen-bond donors (Lipinski definition) is 8. The first-order chi connectivity index (χ1) is 26.0. The van der Waals surface area contributed by atoms with Gasteiger partial charge < -0.3 is 20.4 Å². The predicted molar refractivity (Wildman–Crippen MR) is 181 cm³/mol. The smallest absolute Gasteiger partial charge is 0.351 e. The van der Waals surface area contributed by atoms with Crippen LogP contribution in [0.2, 0.25) is 0 Å². The summed E-state index contributed by atoms with van der Waals surface area (Å²) in [5, 5.41) is 30.5. The van der Waals surface area contributed by atoms with Gasteiger partial charge in [0.1, 0.15) is 0 Å². The van der Waals surface area contributed by atoms with Crippen LogP contribution in [0.15, 0.2) is 0 Å². The molecule has 3 heterocycles. The molecule has 0 saturated carbocycles. The molecule has 57 heavy (non-hydrogen) atoms. The number of carboxylic acids is 4. The highest BCUT2D eigenvalue weighted by atomic mass is 32.2. The number of carbonyl (C=O) groups excluding carboxylic acids is 6. The van der Waals surface area contributed by atoms with Gasteiger partial charge in [0.05, 0.1) is 19.3 Å². The van der Waals surface area contributed by atoms with Gasteiger partial charge >= 0.3 is 23.9 Å². The fraction of sp³-hybridized carbons (Fsp3) is 0.643. The molecule has 3 aliphatic heterocycles. The zero-order valence-corrected chi connectivity index (χ0v) is 31.9. The highest BCUT2D eigenvalue weighted by molar-refractivity contribution is 7.87. The normalized spacial score (nSPS) is 20.9. The minimum absolute atomic E-state index is 0.0178. The van der Waals surface area contributed by atoms with E-state index in [0.717, 1.165) is 12.8 Å². The van der Waals surface area contributed by atoms with Crippen molar-refractivity contribution in [3.8, 4) is 0 Å². The Bertz CT molecular complexity index is 1890. The van der Waals surface area contributed by atoms with Crippen LogP contribution in [0.5, 0.6) is 0 Å². The topological polar surface area (TPSA) is 433 Å². The van der Waals surface area contributed by atoms with E-state index in [-0.39, 0.29) is 48.3 Å². The Labute approximate surface area is 322 Å². The van der Waals surface area contributed by atoms with Crippen molar-refractivity contribution in [2.45, 2.75) is 111 Å². The number of rotatable bonds is 19. The molecule has 0 aromatic rings. The number of carboxylic acid groups (broad SMARTS) is 4. The minimum Gasteiger partial charge on any atom is -0.481 e. The molecule has 0 aromatic carbocycles. The Morgan fingerprint density at radius 2 is 0.877 bits per heavy atom. The monoisotopic (exact) mass is 881 g/mol. The highest BCUT2D eigenvalue weighted by Gasteiger charge is 2.66. The zero-order chi connectivity index (χ0) is 44.3. The molecular weight excluding hydrogens is 843 g/mol. The van der Waals surface area contributed by atoms with Gasteiger partial charge in [0.2, 0.25) is 29.3 Å². The summed E-state index contributed by atoms with van der Waals surface area (Å²) in [7, 11) is -14.9. The number of nitrogens with one attached hydrogen (secondary N) is 1. The van der Waals surface area contributed by atoms with Gasteiger partial charge in [-0.2, -0.15) is 25.3 Å². The molecule has 322 valence electrons. The molecule has 6 amide bonds. The van der Waals surface area contributed by atoms with E-state index in [1.54, 1.807) is 5.32 Å². The molecule has 0 spiro atoms. The summed E-state index contributed by atoms with van der Waals surface area (Å²) in [6.45, 7) is 0. The first-order valence-electron chi connectivity index (χ1n) is 16.3. The van der Waals surface area contributed by atoms with Crippen molar-refractivity contribution in [1.82, 2.24) is 15.1 Å². The third-order valence-electron chi connectivity index (χ3n) is 8.24. The molecule has 0 aliphatic carbocycles. The maximum Gasteiger partial charge on any atom is 0.351 e. The fourth-order valence-corrected chi connectivity index (χ4v) is 7.69. The van der Waals surface area contributed by atoms with Crippen LogP contribution in [0.3, 0.4) is 0 Å². The Hall–Kier alpha value is -4.97. The summed E-state index contributed by atoms with van der Waals surface area (Å²) >= 11 is 0. The van der Waals surface area contributed by atoms with Crippen LogP contribution in [-0.2, 0) is 78.3 Å². The first kappa shape index (κ1) is 50.0. The van der Waals surface area contributed by atoms with E-state index < -0.39 is 137 Å². The van der Waals surface area contributed by atoms with E-state index in [4.69, 9.17) is 19.9 Å². The van der Waals surface area contributed by atoms with Crippen LogP contribution in [0.1, 0.15) is 89.9 Å². The van der Waals surface area contributed by atoms with Gasteiger partial charge in [-0.3, -0.25) is 62.1 Å². The third-order valence-corrected chi connectivity index (χ3v) is 11.5. The average molecular weight is 882 g/mol. The fourth-order valence-electron chi connectivity index (χ4n) is 5.57. The molecule has 0 radical (unpaired) electrons. The molecule has 3 aliphatic rings. The third kappa shape index (κ3) is 14.2. The SMILES string of the molecule is O=C(O)CCCCCC(C(=O)O)(N1C(=O)CC(S(=O)(=O)O)C1=O)N1C(=O)CC(S(=O)(=O)O)C1=O.O=C(O)CCCCCCC(=O)O.O=C1CC(S(=O)(=O)O)C(=O)N1. The van der Waals surface area contributed by atoms with Crippen molar-refractivity contribution in [3.05, 3.63) is 0 Å². The van der Waals surface area contributed by atoms with Crippen molar-refractivity contribution < 1.29 is 107 Å². The Morgan fingerprint density at radius 1 is 0.544 bits per heavy atom. The summed E-state index contributed by atoms with van der Waals surface area (Å²) in [5.41, 5.74) is -3.23. The molecule has 26 nitrogen and oxygen atoms in total.